The van der Waals surface area contributed by atoms with Crippen molar-refractivity contribution in [3.63, 3.8) is 0 Å². The van der Waals surface area contributed by atoms with Crippen LogP contribution in [-0.2, 0) is 4.79 Å². The normalized spacial score (nSPS) is 36.5. The fraction of sp³-hybridized carbons (Fsp3) is 0.704. The van der Waals surface area contributed by atoms with Crippen LogP contribution in [0.5, 0.6) is 5.75 Å². The summed E-state index contributed by atoms with van der Waals surface area (Å²) in [6.45, 7) is 2.95. The van der Waals surface area contributed by atoms with Crippen molar-refractivity contribution in [3.05, 3.63) is 29.1 Å². The lowest BCUT2D eigenvalue weighted by molar-refractivity contribution is -0.142. The summed E-state index contributed by atoms with van der Waals surface area (Å²) in [5.74, 6) is 1.15. The lowest BCUT2D eigenvalue weighted by Gasteiger charge is -2.33. The molecule has 1 aliphatic heterocycles. The molecule has 4 bridgehead atoms. The van der Waals surface area contributed by atoms with Crippen molar-refractivity contribution >= 4 is 11.9 Å². The third kappa shape index (κ3) is 3.47. The number of carbonyl (C=O) groups is 2. The molecule has 0 spiro atoms. The van der Waals surface area contributed by atoms with Gasteiger partial charge in [-0.25, -0.2) is 9.18 Å². The van der Waals surface area contributed by atoms with Crippen LogP contribution in [0, 0.1) is 34.9 Å². The van der Waals surface area contributed by atoms with E-state index in [-0.39, 0.29) is 16.9 Å². The summed E-state index contributed by atoms with van der Waals surface area (Å²) in [4.78, 5) is 26.5. The van der Waals surface area contributed by atoms with Crippen LogP contribution in [-0.4, -0.2) is 41.1 Å². The number of carbonyl (C=O) groups excluding carboxylic acids is 1. The average molecular weight is 456 g/mol. The highest BCUT2D eigenvalue weighted by molar-refractivity contribution is 5.97. The van der Waals surface area contributed by atoms with Crippen molar-refractivity contribution in [2.75, 3.05) is 13.2 Å². The van der Waals surface area contributed by atoms with E-state index < -0.39 is 23.7 Å². The zero-order valence-electron chi connectivity index (χ0n) is 19.4. The number of carboxylic acids is 1. The smallest absolute Gasteiger partial charge is 0.326 e. The Labute approximate surface area is 194 Å². The van der Waals surface area contributed by atoms with Crippen LogP contribution in [0.25, 0.3) is 0 Å². The number of likely N-dealkylation sites (tertiary alicyclic amines) is 1. The molecule has 6 fully saturated rings. The van der Waals surface area contributed by atoms with Gasteiger partial charge in [0.2, 0.25) is 0 Å². The van der Waals surface area contributed by atoms with Crippen LogP contribution < -0.4 is 4.74 Å². The Morgan fingerprint density at radius 2 is 1.88 bits per heavy atom. The number of aliphatic carboxylic acids is 1. The van der Waals surface area contributed by atoms with Crippen LogP contribution >= 0.6 is 0 Å². The lowest BCUT2D eigenvalue weighted by Crippen LogP contribution is -2.43. The standard InChI is InChI=1S/C27H34FNO4/c1-2-17-5-6-29(24(17)26(31)32)25(30)21-10-20(18-3-4-18)23(11-22(21)28)33-14-27-12-15-7-16(13-27)9-19(27)8-15/h10-11,15-19,24H,2-9,12-14H2,1H3,(H,31,32)/t15?,16?,17-,19?,24+,27?/m1/s1. The third-order valence-electron chi connectivity index (χ3n) is 9.58. The number of rotatable bonds is 7. The predicted molar refractivity (Wildman–Crippen MR) is 121 cm³/mol. The first-order valence-electron chi connectivity index (χ1n) is 12.9. The monoisotopic (exact) mass is 455 g/mol. The first-order chi connectivity index (χ1) is 15.9. The number of nitrogens with zero attached hydrogens (tertiary/aromatic N) is 1. The summed E-state index contributed by atoms with van der Waals surface area (Å²) in [5, 5.41) is 9.71. The SMILES string of the molecule is CC[C@@H]1CCN(C(=O)c2cc(C3CC3)c(OCC34CC5CC(CC3C5)C4)cc2F)[C@@H]1C(=O)O. The quantitative estimate of drug-likeness (QED) is 0.611. The van der Waals surface area contributed by atoms with Crippen LogP contribution in [0.1, 0.15) is 86.6 Å². The highest BCUT2D eigenvalue weighted by Gasteiger charge is 2.58. The second-order valence-corrected chi connectivity index (χ2v) is 11.6. The van der Waals surface area contributed by atoms with E-state index >= 15 is 4.39 Å². The van der Waals surface area contributed by atoms with E-state index in [2.05, 4.69) is 0 Å². The minimum absolute atomic E-state index is 0.00808. The molecule has 4 atom stereocenters. The molecule has 5 saturated carbocycles. The Balaban J connectivity index is 1.25. The maximum Gasteiger partial charge on any atom is 0.326 e. The van der Waals surface area contributed by atoms with Crippen molar-refractivity contribution < 1.29 is 23.8 Å². The first kappa shape index (κ1) is 21.4. The maximum atomic E-state index is 15.3. The van der Waals surface area contributed by atoms with Crippen LogP contribution in [0.2, 0.25) is 0 Å². The Kier molecular flexibility index (Phi) is 5.00. The van der Waals surface area contributed by atoms with E-state index in [1.54, 1.807) is 6.07 Å². The molecule has 1 aromatic carbocycles. The van der Waals surface area contributed by atoms with Crippen molar-refractivity contribution in [3.8, 4) is 5.75 Å². The van der Waals surface area contributed by atoms with Gasteiger partial charge >= 0.3 is 5.97 Å². The third-order valence-corrected chi connectivity index (χ3v) is 9.58. The molecule has 0 radical (unpaired) electrons. The minimum Gasteiger partial charge on any atom is -0.493 e. The van der Waals surface area contributed by atoms with Crippen molar-refractivity contribution in [2.45, 2.75) is 76.7 Å². The van der Waals surface area contributed by atoms with E-state index in [1.165, 1.54) is 43.1 Å². The lowest BCUT2D eigenvalue weighted by atomic mass is 9.76. The van der Waals surface area contributed by atoms with Gasteiger partial charge in [0.1, 0.15) is 17.6 Å². The second kappa shape index (κ2) is 7.71. The summed E-state index contributed by atoms with van der Waals surface area (Å²) in [7, 11) is 0. The molecule has 0 aromatic heterocycles. The van der Waals surface area contributed by atoms with E-state index in [1.807, 2.05) is 6.92 Å². The summed E-state index contributed by atoms with van der Waals surface area (Å²) in [6, 6.07) is 2.19. The number of halogens is 1. The van der Waals surface area contributed by atoms with Gasteiger partial charge in [-0.15, -0.1) is 0 Å². The molecular formula is C27H34FNO4. The molecule has 5 nitrogen and oxygen atoms in total. The van der Waals surface area contributed by atoms with Gasteiger partial charge in [0, 0.05) is 18.0 Å². The van der Waals surface area contributed by atoms with Gasteiger partial charge in [-0.2, -0.15) is 0 Å². The summed E-state index contributed by atoms with van der Waals surface area (Å²) >= 11 is 0. The molecule has 6 heteroatoms. The Bertz CT molecular complexity index is 975. The number of ether oxygens (including phenoxy) is 1. The fourth-order valence-corrected chi connectivity index (χ4v) is 8.00. The molecule has 2 unspecified atom stereocenters. The molecule has 7 rings (SSSR count). The number of benzene rings is 1. The summed E-state index contributed by atoms with van der Waals surface area (Å²) in [6.07, 6.45) is 9.90. The Morgan fingerprint density at radius 3 is 2.52 bits per heavy atom. The van der Waals surface area contributed by atoms with E-state index in [4.69, 9.17) is 4.74 Å². The van der Waals surface area contributed by atoms with Gasteiger partial charge in [-0.1, -0.05) is 13.3 Å². The maximum absolute atomic E-state index is 15.3. The fourth-order valence-electron chi connectivity index (χ4n) is 8.00. The molecule has 6 aliphatic rings. The topological polar surface area (TPSA) is 66.8 Å². The molecule has 1 saturated heterocycles. The zero-order chi connectivity index (χ0) is 22.9. The van der Waals surface area contributed by atoms with Crippen LogP contribution in [0.3, 0.4) is 0 Å². The summed E-state index contributed by atoms with van der Waals surface area (Å²) < 4.78 is 21.7. The molecule has 1 heterocycles. The van der Waals surface area contributed by atoms with E-state index in [0.29, 0.717) is 37.7 Å². The summed E-state index contributed by atoms with van der Waals surface area (Å²) in [5.41, 5.74) is 1.18. The largest absolute Gasteiger partial charge is 0.493 e. The van der Waals surface area contributed by atoms with Crippen molar-refractivity contribution in [2.24, 2.45) is 29.1 Å². The number of amides is 1. The van der Waals surface area contributed by atoms with E-state index in [9.17, 15) is 14.7 Å². The van der Waals surface area contributed by atoms with Crippen molar-refractivity contribution in [1.29, 1.82) is 0 Å². The number of hydrogen-bond acceptors (Lipinski definition) is 3. The Morgan fingerprint density at radius 1 is 1.15 bits per heavy atom. The molecule has 1 amide bonds. The van der Waals surface area contributed by atoms with Crippen LogP contribution in [0.15, 0.2) is 12.1 Å². The highest BCUT2D eigenvalue weighted by Crippen LogP contribution is 2.65. The highest BCUT2D eigenvalue weighted by atomic mass is 19.1. The molecule has 33 heavy (non-hydrogen) atoms. The molecule has 1 aromatic rings. The molecule has 1 N–H and O–H groups in total. The first-order valence-corrected chi connectivity index (χ1v) is 12.9. The molecule has 5 aliphatic carbocycles. The predicted octanol–water partition coefficient (Wildman–Crippen LogP) is 5.23. The number of carboxylic acid groups (broad SMARTS) is 1. The van der Waals surface area contributed by atoms with Gasteiger partial charge in [-0.05, 0) is 92.6 Å². The van der Waals surface area contributed by atoms with Gasteiger partial charge in [0.25, 0.3) is 5.91 Å². The minimum atomic E-state index is -1.00. The van der Waals surface area contributed by atoms with Crippen LogP contribution in [0.4, 0.5) is 4.39 Å². The number of hydrogen-bond donors (Lipinski definition) is 1. The van der Waals surface area contributed by atoms with Gasteiger partial charge in [-0.3, -0.25) is 4.79 Å². The molecular weight excluding hydrogens is 421 g/mol. The van der Waals surface area contributed by atoms with Gasteiger partial charge in [0.15, 0.2) is 0 Å². The van der Waals surface area contributed by atoms with Gasteiger partial charge in [0.05, 0.1) is 12.2 Å². The van der Waals surface area contributed by atoms with Gasteiger partial charge < -0.3 is 14.7 Å². The van der Waals surface area contributed by atoms with Crippen molar-refractivity contribution in [1.82, 2.24) is 4.90 Å². The second-order valence-electron chi connectivity index (χ2n) is 11.6. The zero-order valence-corrected chi connectivity index (χ0v) is 19.4. The Hall–Kier alpha value is -2.11. The van der Waals surface area contributed by atoms with E-state index in [0.717, 1.165) is 36.2 Å². The average Bonchev–Trinajstić information content (AvgIpc) is 3.41. The molecule has 178 valence electrons.